The van der Waals surface area contributed by atoms with Crippen molar-refractivity contribution < 1.29 is 37.8 Å². The summed E-state index contributed by atoms with van der Waals surface area (Å²) < 4.78 is 32.6. The first-order chi connectivity index (χ1) is 16.1. The molecule has 35 heavy (non-hydrogen) atoms. The quantitative estimate of drug-likeness (QED) is 0.357. The van der Waals surface area contributed by atoms with Gasteiger partial charge in [0.15, 0.2) is 0 Å². The van der Waals surface area contributed by atoms with Gasteiger partial charge in [-0.1, -0.05) is 43.6 Å². The van der Waals surface area contributed by atoms with Crippen LogP contribution in [0, 0.1) is 11.8 Å². The number of hydrogen-bond acceptors (Lipinski definition) is 4. The van der Waals surface area contributed by atoms with Crippen molar-refractivity contribution in [3.8, 4) is 0 Å². The fourth-order valence-electron chi connectivity index (χ4n) is 2.99. The molecular weight excluding hydrogens is 533 g/mol. The molecule has 2 rings (SSSR count). The zero-order chi connectivity index (χ0) is 26.9. The smallest absolute Gasteiger partial charge is 0.478 e. The molecule has 0 unspecified atom stereocenters. The van der Waals surface area contributed by atoms with Crippen LogP contribution < -0.4 is 10.2 Å². The van der Waals surface area contributed by atoms with Crippen molar-refractivity contribution in [3.63, 3.8) is 0 Å². The first kappa shape index (κ1) is 30.0. The van der Waals surface area contributed by atoms with Gasteiger partial charge < -0.3 is 20.4 Å². The first-order valence-corrected chi connectivity index (χ1v) is 11.4. The lowest BCUT2D eigenvalue weighted by molar-refractivity contribution is -0.192. The van der Waals surface area contributed by atoms with Gasteiger partial charge in [-0.15, -0.1) is 0 Å². The number of nitrogens with one attached hydrogen (secondary N) is 1. The van der Waals surface area contributed by atoms with E-state index in [1.807, 2.05) is 0 Å². The number of anilines is 2. The van der Waals surface area contributed by atoms with E-state index in [1.165, 1.54) is 6.07 Å². The highest BCUT2D eigenvalue weighted by molar-refractivity contribution is 9.10. The van der Waals surface area contributed by atoms with Crippen molar-refractivity contribution in [2.24, 2.45) is 11.8 Å². The van der Waals surface area contributed by atoms with Crippen molar-refractivity contribution in [3.05, 3.63) is 58.1 Å². The van der Waals surface area contributed by atoms with Gasteiger partial charge in [-0.05, 0) is 54.3 Å². The number of carboxylic acid groups (broad SMARTS) is 2. The van der Waals surface area contributed by atoms with E-state index in [2.05, 4.69) is 53.8 Å². The summed E-state index contributed by atoms with van der Waals surface area (Å²) in [5.41, 5.74) is 1.99. The van der Waals surface area contributed by atoms with Crippen LogP contribution in [-0.4, -0.2) is 47.3 Å². The van der Waals surface area contributed by atoms with Gasteiger partial charge in [0.2, 0.25) is 0 Å². The molecule has 0 bridgehead atoms. The molecule has 2 aromatic rings. The third kappa shape index (κ3) is 10.4. The Labute approximate surface area is 210 Å². The molecule has 0 saturated heterocycles. The molecule has 0 aromatic heterocycles. The van der Waals surface area contributed by atoms with Crippen LogP contribution in [0.5, 0.6) is 0 Å². The van der Waals surface area contributed by atoms with Crippen molar-refractivity contribution in [1.82, 2.24) is 0 Å². The summed E-state index contributed by atoms with van der Waals surface area (Å²) in [6, 6.07) is 11.9. The molecule has 0 aliphatic rings. The van der Waals surface area contributed by atoms with Gasteiger partial charge in [-0.2, -0.15) is 13.2 Å². The maximum atomic E-state index is 12.7. The van der Waals surface area contributed by atoms with Crippen LogP contribution in [0.4, 0.5) is 24.5 Å². The molecule has 0 aliphatic heterocycles. The molecule has 0 radical (unpaired) electrons. The maximum absolute atomic E-state index is 12.7. The normalized spacial score (nSPS) is 11.0. The fraction of sp³-hybridized carbons (Fsp3) is 0.375. The highest BCUT2D eigenvalue weighted by Gasteiger charge is 2.38. The van der Waals surface area contributed by atoms with E-state index in [0.29, 0.717) is 23.1 Å². The Morgan fingerprint density at radius 1 is 0.914 bits per heavy atom. The third-order valence-electron chi connectivity index (χ3n) is 4.35. The number of hydrogen-bond donors (Lipinski definition) is 3. The Morgan fingerprint density at radius 2 is 1.37 bits per heavy atom. The standard InChI is InChI=1S/C22H27BrN2O3.C2HF3O2/c1-14(2)12-25(13-15(3)4)20-10-7-17(22(27)28)11-19(20)24-21(26)16-5-8-18(23)9-6-16;3-2(4,5)1(6)7/h5-11,14-15H,12-13H2,1-4H3,(H,24,26)(H,27,28);(H,6,7). The lowest BCUT2D eigenvalue weighted by Gasteiger charge is -2.30. The highest BCUT2D eigenvalue weighted by atomic mass is 79.9. The molecule has 0 fully saturated rings. The minimum atomic E-state index is -5.08. The van der Waals surface area contributed by atoms with E-state index < -0.39 is 18.1 Å². The number of carbonyl (C=O) groups is 3. The summed E-state index contributed by atoms with van der Waals surface area (Å²) in [4.78, 5) is 35.3. The summed E-state index contributed by atoms with van der Waals surface area (Å²) in [6.07, 6.45) is -5.08. The Kier molecular flexibility index (Phi) is 11.2. The minimum Gasteiger partial charge on any atom is -0.478 e. The third-order valence-corrected chi connectivity index (χ3v) is 4.88. The van der Waals surface area contributed by atoms with Crippen LogP contribution in [0.1, 0.15) is 48.4 Å². The number of carbonyl (C=O) groups excluding carboxylic acids is 1. The number of nitrogens with zero attached hydrogens (tertiary/aromatic N) is 1. The zero-order valence-electron chi connectivity index (χ0n) is 19.7. The zero-order valence-corrected chi connectivity index (χ0v) is 21.3. The molecule has 0 atom stereocenters. The second-order valence-electron chi connectivity index (χ2n) is 8.49. The molecular formula is C24H28BrF3N2O5. The number of carboxylic acids is 2. The number of aliphatic carboxylic acids is 1. The SMILES string of the molecule is CC(C)CN(CC(C)C)c1ccc(C(=O)O)cc1NC(=O)c1ccc(Br)cc1.O=C(O)C(F)(F)F. The van der Waals surface area contributed by atoms with E-state index in [0.717, 1.165) is 23.2 Å². The summed E-state index contributed by atoms with van der Waals surface area (Å²) in [5.74, 6) is -3.20. The van der Waals surface area contributed by atoms with E-state index >= 15 is 0 Å². The van der Waals surface area contributed by atoms with Crippen LogP contribution in [0.2, 0.25) is 0 Å². The van der Waals surface area contributed by atoms with Crippen molar-refractivity contribution in [1.29, 1.82) is 0 Å². The molecule has 1 amide bonds. The molecule has 3 N–H and O–H groups in total. The average molecular weight is 561 g/mol. The number of aromatic carboxylic acids is 1. The van der Waals surface area contributed by atoms with Gasteiger partial charge >= 0.3 is 18.1 Å². The summed E-state index contributed by atoms with van der Waals surface area (Å²) in [7, 11) is 0. The second kappa shape index (κ2) is 13.1. The minimum absolute atomic E-state index is 0.143. The molecule has 2 aromatic carbocycles. The van der Waals surface area contributed by atoms with Crippen LogP contribution in [0.15, 0.2) is 46.9 Å². The topological polar surface area (TPSA) is 107 Å². The number of amides is 1. The van der Waals surface area contributed by atoms with E-state index in [9.17, 15) is 27.9 Å². The number of halogens is 4. The van der Waals surface area contributed by atoms with Gasteiger partial charge in [-0.25, -0.2) is 9.59 Å². The summed E-state index contributed by atoms with van der Waals surface area (Å²) in [6.45, 7) is 10.2. The lowest BCUT2D eigenvalue weighted by Crippen LogP contribution is -2.32. The van der Waals surface area contributed by atoms with Gasteiger partial charge in [0.25, 0.3) is 5.91 Å². The Bertz CT molecular complexity index is 1010. The molecule has 0 spiro atoms. The van der Waals surface area contributed by atoms with Gasteiger partial charge in [0.1, 0.15) is 0 Å². The largest absolute Gasteiger partial charge is 0.490 e. The van der Waals surface area contributed by atoms with Gasteiger partial charge in [0, 0.05) is 23.1 Å². The Balaban J connectivity index is 0.000000762. The average Bonchev–Trinajstić information content (AvgIpc) is 2.72. The van der Waals surface area contributed by atoms with Crippen LogP contribution in [0.3, 0.4) is 0 Å². The summed E-state index contributed by atoms with van der Waals surface area (Å²) in [5, 5.41) is 19.4. The maximum Gasteiger partial charge on any atom is 0.490 e. The molecule has 11 heteroatoms. The summed E-state index contributed by atoms with van der Waals surface area (Å²) >= 11 is 3.36. The predicted molar refractivity (Wildman–Crippen MR) is 131 cm³/mol. The van der Waals surface area contributed by atoms with Crippen LogP contribution >= 0.6 is 15.9 Å². The number of rotatable bonds is 8. The Morgan fingerprint density at radius 3 is 1.77 bits per heavy atom. The van der Waals surface area contributed by atoms with Crippen molar-refractivity contribution in [2.45, 2.75) is 33.9 Å². The van der Waals surface area contributed by atoms with Crippen molar-refractivity contribution in [2.75, 3.05) is 23.3 Å². The predicted octanol–water partition coefficient (Wildman–Crippen LogP) is 6.15. The fourth-order valence-corrected chi connectivity index (χ4v) is 3.26. The lowest BCUT2D eigenvalue weighted by atomic mass is 10.1. The van der Waals surface area contributed by atoms with E-state index in [1.54, 1.807) is 36.4 Å². The first-order valence-electron chi connectivity index (χ1n) is 10.6. The second-order valence-corrected chi connectivity index (χ2v) is 9.41. The highest BCUT2D eigenvalue weighted by Crippen LogP contribution is 2.30. The number of benzene rings is 2. The molecule has 192 valence electrons. The molecule has 0 heterocycles. The van der Waals surface area contributed by atoms with Gasteiger partial charge in [0.05, 0.1) is 16.9 Å². The molecule has 7 nitrogen and oxygen atoms in total. The number of alkyl halides is 3. The molecule has 0 aliphatic carbocycles. The van der Waals surface area contributed by atoms with Crippen LogP contribution in [0.25, 0.3) is 0 Å². The van der Waals surface area contributed by atoms with E-state index in [4.69, 9.17) is 9.90 Å². The Hall–Kier alpha value is -3.08. The van der Waals surface area contributed by atoms with Gasteiger partial charge in [-0.3, -0.25) is 4.79 Å². The van der Waals surface area contributed by atoms with E-state index in [-0.39, 0.29) is 11.5 Å². The monoisotopic (exact) mass is 560 g/mol. The van der Waals surface area contributed by atoms with Crippen molar-refractivity contribution >= 4 is 45.2 Å². The van der Waals surface area contributed by atoms with Crippen LogP contribution in [-0.2, 0) is 4.79 Å². The molecule has 0 saturated carbocycles.